The largest absolute Gasteiger partial charge is 0.327 e. The van der Waals surface area contributed by atoms with Crippen LogP contribution in [0.4, 0.5) is 0 Å². The molecule has 20 heavy (non-hydrogen) atoms. The topological polar surface area (TPSA) is 26.0 Å². The molecule has 1 aromatic rings. The molecule has 0 bridgehead atoms. The number of rotatable bonds is 4. The molecule has 2 N–H and O–H groups in total. The molecule has 1 aliphatic rings. The predicted molar refractivity (Wildman–Crippen MR) is 87.6 cm³/mol. The Bertz CT molecular complexity index is 382. The van der Waals surface area contributed by atoms with Gasteiger partial charge < -0.3 is 5.73 Å². The molecule has 0 spiro atoms. The summed E-state index contributed by atoms with van der Waals surface area (Å²) in [4.78, 5) is 0. The van der Waals surface area contributed by atoms with Crippen molar-refractivity contribution >= 4 is 0 Å². The summed E-state index contributed by atoms with van der Waals surface area (Å²) in [6, 6.07) is 11.1. The molecule has 1 atom stereocenters. The minimum atomic E-state index is 0.385. The number of benzene rings is 1. The van der Waals surface area contributed by atoms with Crippen molar-refractivity contribution in [3.8, 4) is 0 Å². The summed E-state index contributed by atoms with van der Waals surface area (Å²) in [7, 11) is 0. The number of hydrogen-bond donors (Lipinski definition) is 1. The lowest BCUT2D eigenvalue weighted by Gasteiger charge is -2.38. The SMILES string of the molecule is CC(C)(C)C1CCC(C(N)CCc2ccccc2)CC1. The van der Waals surface area contributed by atoms with E-state index >= 15 is 0 Å². The van der Waals surface area contributed by atoms with Crippen LogP contribution in [0.5, 0.6) is 0 Å². The van der Waals surface area contributed by atoms with Gasteiger partial charge in [-0.1, -0.05) is 51.1 Å². The summed E-state index contributed by atoms with van der Waals surface area (Å²) < 4.78 is 0. The van der Waals surface area contributed by atoms with Crippen molar-refractivity contribution in [1.29, 1.82) is 0 Å². The van der Waals surface area contributed by atoms with Gasteiger partial charge >= 0.3 is 0 Å². The van der Waals surface area contributed by atoms with Crippen LogP contribution in [0.25, 0.3) is 0 Å². The summed E-state index contributed by atoms with van der Waals surface area (Å²) >= 11 is 0. The summed E-state index contributed by atoms with van der Waals surface area (Å²) in [5.41, 5.74) is 8.34. The molecule has 1 heteroatoms. The van der Waals surface area contributed by atoms with Crippen LogP contribution >= 0.6 is 0 Å². The third-order valence-corrected chi connectivity index (χ3v) is 5.21. The second-order valence-corrected chi connectivity index (χ2v) is 7.67. The highest BCUT2D eigenvalue weighted by atomic mass is 14.7. The Labute approximate surface area is 125 Å². The predicted octanol–water partition coefficient (Wildman–Crippen LogP) is 4.80. The molecule has 0 saturated heterocycles. The van der Waals surface area contributed by atoms with Crippen LogP contribution in [0.1, 0.15) is 58.4 Å². The zero-order chi connectivity index (χ0) is 14.6. The maximum atomic E-state index is 6.45. The molecule has 1 aliphatic carbocycles. The van der Waals surface area contributed by atoms with E-state index in [1.165, 1.54) is 31.2 Å². The van der Waals surface area contributed by atoms with E-state index in [1.807, 2.05) is 0 Å². The fourth-order valence-corrected chi connectivity index (χ4v) is 3.63. The molecule has 0 heterocycles. The van der Waals surface area contributed by atoms with Gasteiger partial charge in [-0.15, -0.1) is 0 Å². The number of hydrogen-bond acceptors (Lipinski definition) is 1. The van der Waals surface area contributed by atoms with Crippen molar-refractivity contribution < 1.29 is 0 Å². The van der Waals surface area contributed by atoms with Gasteiger partial charge in [0.2, 0.25) is 0 Å². The van der Waals surface area contributed by atoms with Crippen LogP contribution in [-0.2, 0) is 6.42 Å². The van der Waals surface area contributed by atoms with E-state index in [0.29, 0.717) is 11.5 Å². The zero-order valence-electron chi connectivity index (χ0n) is 13.4. The Morgan fingerprint density at radius 3 is 2.20 bits per heavy atom. The molecule has 112 valence electrons. The van der Waals surface area contributed by atoms with Crippen LogP contribution in [-0.4, -0.2) is 6.04 Å². The lowest BCUT2D eigenvalue weighted by molar-refractivity contribution is 0.138. The molecule has 1 aromatic carbocycles. The van der Waals surface area contributed by atoms with Crippen LogP contribution < -0.4 is 5.73 Å². The molecule has 0 amide bonds. The minimum absolute atomic E-state index is 0.385. The fourth-order valence-electron chi connectivity index (χ4n) is 3.63. The lowest BCUT2D eigenvalue weighted by atomic mass is 9.68. The van der Waals surface area contributed by atoms with Gasteiger partial charge in [0.1, 0.15) is 0 Å². The Kier molecular flexibility index (Phi) is 5.26. The van der Waals surface area contributed by atoms with E-state index in [1.54, 1.807) is 0 Å². The third kappa shape index (κ3) is 4.34. The summed E-state index contributed by atoms with van der Waals surface area (Å²) in [6.07, 6.45) is 7.66. The molecule has 1 saturated carbocycles. The van der Waals surface area contributed by atoms with Crippen molar-refractivity contribution in [2.45, 2.75) is 65.3 Å². The molecular weight excluding hydrogens is 242 g/mol. The van der Waals surface area contributed by atoms with E-state index in [4.69, 9.17) is 5.73 Å². The molecule has 0 aliphatic heterocycles. The lowest BCUT2D eigenvalue weighted by Crippen LogP contribution is -2.35. The fraction of sp³-hybridized carbons (Fsp3) is 0.684. The Morgan fingerprint density at radius 1 is 1.05 bits per heavy atom. The van der Waals surface area contributed by atoms with Crippen LogP contribution in [0.3, 0.4) is 0 Å². The average Bonchev–Trinajstić information content (AvgIpc) is 2.45. The maximum absolute atomic E-state index is 6.45. The standard InChI is InChI=1S/C19H31N/c1-19(2,3)17-12-10-16(11-13-17)18(20)14-9-15-7-5-4-6-8-15/h4-8,16-18H,9-14,20H2,1-3H3. The maximum Gasteiger partial charge on any atom is 0.00703 e. The summed E-state index contributed by atoms with van der Waals surface area (Å²) in [5.74, 6) is 1.64. The third-order valence-electron chi connectivity index (χ3n) is 5.21. The van der Waals surface area contributed by atoms with Gasteiger partial charge in [-0.2, -0.15) is 0 Å². The molecule has 0 aromatic heterocycles. The van der Waals surface area contributed by atoms with Crippen molar-refractivity contribution in [1.82, 2.24) is 0 Å². The van der Waals surface area contributed by atoms with E-state index in [0.717, 1.165) is 24.7 Å². The van der Waals surface area contributed by atoms with E-state index in [-0.39, 0.29) is 0 Å². The number of aryl methyl sites for hydroxylation is 1. The second-order valence-electron chi connectivity index (χ2n) is 7.67. The first-order valence-corrected chi connectivity index (χ1v) is 8.26. The van der Waals surface area contributed by atoms with Crippen molar-refractivity contribution in [2.75, 3.05) is 0 Å². The van der Waals surface area contributed by atoms with Gasteiger partial charge in [0, 0.05) is 6.04 Å². The molecular formula is C19H31N. The Morgan fingerprint density at radius 2 is 1.65 bits per heavy atom. The molecule has 1 nitrogen and oxygen atoms in total. The summed E-state index contributed by atoms with van der Waals surface area (Å²) in [6.45, 7) is 7.15. The van der Waals surface area contributed by atoms with Gasteiger partial charge in [0.05, 0.1) is 0 Å². The van der Waals surface area contributed by atoms with Gasteiger partial charge in [-0.3, -0.25) is 0 Å². The van der Waals surface area contributed by atoms with E-state index < -0.39 is 0 Å². The highest BCUT2D eigenvalue weighted by Crippen LogP contribution is 2.40. The average molecular weight is 273 g/mol. The van der Waals surface area contributed by atoms with Crippen LogP contribution in [0.2, 0.25) is 0 Å². The Hall–Kier alpha value is -0.820. The van der Waals surface area contributed by atoms with Crippen molar-refractivity contribution in [3.05, 3.63) is 35.9 Å². The number of nitrogens with two attached hydrogens (primary N) is 1. The van der Waals surface area contributed by atoms with E-state index in [2.05, 4.69) is 51.1 Å². The first-order chi connectivity index (χ1) is 9.47. The first kappa shape index (κ1) is 15.6. The first-order valence-electron chi connectivity index (χ1n) is 8.26. The zero-order valence-corrected chi connectivity index (χ0v) is 13.4. The molecule has 0 radical (unpaired) electrons. The molecule has 2 rings (SSSR count). The minimum Gasteiger partial charge on any atom is -0.327 e. The van der Waals surface area contributed by atoms with Crippen molar-refractivity contribution in [3.63, 3.8) is 0 Å². The second kappa shape index (κ2) is 6.76. The molecule has 1 fully saturated rings. The Balaban J connectivity index is 1.76. The highest BCUT2D eigenvalue weighted by molar-refractivity contribution is 5.14. The van der Waals surface area contributed by atoms with Crippen molar-refractivity contribution in [2.24, 2.45) is 23.0 Å². The monoisotopic (exact) mass is 273 g/mol. The van der Waals surface area contributed by atoms with Gasteiger partial charge in [-0.25, -0.2) is 0 Å². The quantitative estimate of drug-likeness (QED) is 0.838. The summed E-state index contributed by atoms with van der Waals surface area (Å²) in [5, 5.41) is 0. The van der Waals surface area contributed by atoms with E-state index in [9.17, 15) is 0 Å². The molecule has 1 unspecified atom stereocenters. The highest BCUT2D eigenvalue weighted by Gasteiger charge is 2.31. The smallest absolute Gasteiger partial charge is 0.00703 e. The van der Waals surface area contributed by atoms with Gasteiger partial charge in [0.25, 0.3) is 0 Å². The van der Waals surface area contributed by atoms with Crippen LogP contribution in [0, 0.1) is 17.3 Å². The van der Waals surface area contributed by atoms with Gasteiger partial charge in [-0.05, 0) is 61.3 Å². The van der Waals surface area contributed by atoms with Crippen LogP contribution in [0.15, 0.2) is 30.3 Å². The van der Waals surface area contributed by atoms with Gasteiger partial charge in [0.15, 0.2) is 0 Å². The normalized spacial score (nSPS) is 25.4.